The molecule has 138 valence electrons. The Balaban J connectivity index is 1.41. The zero-order valence-corrected chi connectivity index (χ0v) is 15.1. The average Bonchev–Trinajstić information content (AvgIpc) is 2.73. The highest BCUT2D eigenvalue weighted by molar-refractivity contribution is 5.77. The molecule has 0 saturated heterocycles. The molecular formula is C23H23NO3. The van der Waals surface area contributed by atoms with Crippen molar-refractivity contribution in [2.24, 2.45) is 0 Å². The lowest BCUT2D eigenvalue weighted by molar-refractivity contribution is -0.123. The molecule has 0 bridgehead atoms. The molecule has 0 fully saturated rings. The van der Waals surface area contributed by atoms with E-state index in [-0.39, 0.29) is 12.5 Å². The van der Waals surface area contributed by atoms with Crippen molar-refractivity contribution in [3.8, 4) is 5.75 Å². The summed E-state index contributed by atoms with van der Waals surface area (Å²) < 4.78 is 11.2. The van der Waals surface area contributed by atoms with Gasteiger partial charge in [-0.25, -0.2) is 0 Å². The largest absolute Gasteiger partial charge is 0.484 e. The number of amides is 1. The molecule has 4 nitrogen and oxygen atoms in total. The zero-order chi connectivity index (χ0) is 18.7. The Hall–Kier alpha value is -3.11. The van der Waals surface area contributed by atoms with Crippen molar-refractivity contribution >= 4 is 5.91 Å². The summed E-state index contributed by atoms with van der Waals surface area (Å²) in [5.41, 5.74) is 3.27. The van der Waals surface area contributed by atoms with Crippen LogP contribution in [0.1, 0.15) is 16.7 Å². The summed E-state index contributed by atoms with van der Waals surface area (Å²) in [5.74, 6) is 0.537. The maximum Gasteiger partial charge on any atom is 0.258 e. The van der Waals surface area contributed by atoms with Crippen molar-refractivity contribution in [2.45, 2.75) is 19.8 Å². The first-order chi connectivity index (χ1) is 13.3. The van der Waals surface area contributed by atoms with E-state index in [0.29, 0.717) is 25.5 Å². The van der Waals surface area contributed by atoms with Gasteiger partial charge in [0.1, 0.15) is 5.75 Å². The lowest BCUT2D eigenvalue weighted by Crippen LogP contribution is -2.28. The van der Waals surface area contributed by atoms with E-state index in [4.69, 9.17) is 9.47 Å². The van der Waals surface area contributed by atoms with Crippen molar-refractivity contribution in [3.63, 3.8) is 0 Å². The quantitative estimate of drug-likeness (QED) is 0.624. The molecular weight excluding hydrogens is 338 g/mol. The van der Waals surface area contributed by atoms with Crippen LogP contribution in [0.5, 0.6) is 5.75 Å². The maximum atomic E-state index is 11.9. The summed E-state index contributed by atoms with van der Waals surface area (Å²) >= 11 is 0. The molecule has 0 spiro atoms. The fourth-order valence-corrected chi connectivity index (χ4v) is 2.61. The first kappa shape index (κ1) is 18.7. The fourth-order valence-electron chi connectivity index (χ4n) is 2.61. The molecule has 0 aliphatic heterocycles. The smallest absolute Gasteiger partial charge is 0.258 e. The number of ether oxygens (including phenoxy) is 2. The van der Waals surface area contributed by atoms with Gasteiger partial charge in [0, 0.05) is 6.54 Å². The van der Waals surface area contributed by atoms with E-state index in [2.05, 4.69) is 5.32 Å². The Bertz CT molecular complexity index is 835. The number of benzene rings is 3. The predicted molar refractivity (Wildman–Crippen MR) is 105 cm³/mol. The predicted octanol–water partition coefficient (Wildman–Crippen LogP) is 4.10. The van der Waals surface area contributed by atoms with Crippen LogP contribution >= 0.6 is 0 Å². The molecule has 0 atom stereocenters. The number of hydrogen-bond acceptors (Lipinski definition) is 3. The molecule has 0 aliphatic carbocycles. The van der Waals surface area contributed by atoms with Gasteiger partial charge in [0.05, 0.1) is 13.2 Å². The van der Waals surface area contributed by atoms with Crippen molar-refractivity contribution in [1.82, 2.24) is 5.32 Å². The monoisotopic (exact) mass is 361 g/mol. The van der Waals surface area contributed by atoms with Crippen LogP contribution in [0.2, 0.25) is 0 Å². The molecule has 0 heterocycles. The van der Waals surface area contributed by atoms with Crippen LogP contribution in [0.4, 0.5) is 0 Å². The second kappa shape index (κ2) is 10.1. The minimum atomic E-state index is -0.149. The third-order valence-electron chi connectivity index (χ3n) is 3.97. The highest BCUT2D eigenvalue weighted by Gasteiger charge is 2.03. The molecule has 27 heavy (non-hydrogen) atoms. The van der Waals surface area contributed by atoms with Gasteiger partial charge in [0.2, 0.25) is 0 Å². The van der Waals surface area contributed by atoms with Crippen LogP contribution in [-0.4, -0.2) is 12.5 Å². The second-order valence-corrected chi connectivity index (χ2v) is 6.18. The van der Waals surface area contributed by atoms with Crippen molar-refractivity contribution < 1.29 is 14.3 Å². The average molecular weight is 361 g/mol. The van der Waals surface area contributed by atoms with Crippen LogP contribution in [0, 0.1) is 0 Å². The number of nitrogens with one attached hydrogen (secondary N) is 1. The van der Waals surface area contributed by atoms with E-state index >= 15 is 0 Å². The standard InChI is InChI=1S/C23H23NO3/c25-23(18-27-22-12-5-2-6-13-22)24-15-20-10-7-11-21(14-20)17-26-16-19-8-3-1-4-9-19/h1-14H,15-18H2,(H,24,25). The highest BCUT2D eigenvalue weighted by atomic mass is 16.5. The molecule has 1 amide bonds. The molecule has 0 radical (unpaired) electrons. The molecule has 0 aliphatic rings. The van der Waals surface area contributed by atoms with Crippen molar-refractivity contribution in [1.29, 1.82) is 0 Å². The van der Waals surface area contributed by atoms with E-state index in [1.54, 1.807) is 0 Å². The third kappa shape index (κ3) is 6.60. The van der Waals surface area contributed by atoms with E-state index in [1.165, 1.54) is 0 Å². The number of rotatable bonds is 9. The van der Waals surface area contributed by atoms with Gasteiger partial charge in [-0.05, 0) is 28.8 Å². The Morgan fingerprint density at radius 1 is 0.741 bits per heavy atom. The molecule has 3 aromatic rings. The number of carbonyl (C=O) groups is 1. The van der Waals surface area contributed by atoms with Gasteiger partial charge in [-0.1, -0.05) is 72.8 Å². The van der Waals surface area contributed by atoms with Crippen molar-refractivity contribution in [3.05, 3.63) is 102 Å². The van der Waals surface area contributed by atoms with Crippen LogP contribution in [-0.2, 0) is 29.3 Å². The minimum absolute atomic E-state index is 0.00386. The first-order valence-corrected chi connectivity index (χ1v) is 8.93. The molecule has 0 saturated carbocycles. The van der Waals surface area contributed by atoms with Crippen LogP contribution in [0.25, 0.3) is 0 Å². The topological polar surface area (TPSA) is 47.6 Å². The number of para-hydroxylation sites is 1. The van der Waals surface area contributed by atoms with Gasteiger partial charge in [0.25, 0.3) is 5.91 Å². The van der Waals surface area contributed by atoms with Crippen LogP contribution in [0.3, 0.4) is 0 Å². The van der Waals surface area contributed by atoms with E-state index in [9.17, 15) is 4.79 Å². The van der Waals surface area contributed by atoms with Gasteiger partial charge in [-0.15, -0.1) is 0 Å². The van der Waals surface area contributed by atoms with Crippen molar-refractivity contribution in [2.75, 3.05) is 6.61 Å². The summed E-state index contributed by atoms with van der Waals surface area (Å²) in [6, 6.07) is 27.4. The van der Waals surface area contributed by atoms with Gasteiger partial charge >= 0.3 is 0 Å². The van der Waals surface area contributed by atoms with Gasteiger partial charge in [-0.3, -0.25) is 4.79 Å². The molecule has 3 rings (SSSR count). The SMILES string of the molecule is O=C(COc1ccccc1)NCc1cccc(COCc2ccccc2)c1. The van der Waals surface area contributed by atoms with Gasteiger partial charge in [0.15, 0.2) is 6.61 Å². The van der Waals surface area contributed by atoms with E-state index in [0.717, 1.165) is 16.7 Å². The molecule has 1 N–H and O–H groups in total. The van der Waals surface area contributed by atoms with Crippen LogP contribution in [0.15, 0.2) is 84.9 Å². The second-order valence-electron chi connectivity index (χ2n) is 6.18. The normalized spacial score (nSPS) is 10.4. The lowest BCUT2D eigenvalue weighted by atomic mass is 10.1. The maximum absolute atomic E-state index is 11.9. The number of carbonyl (C=O) groups excluding carboxylic acids is 1. The molecule has 3 aromatic carbocycles. The van der Waals surface area contributed by atoms with Crippen LogP contribution < -0.4 is 10.1 Å². The third-order valence-corrected chi connectivity index (χ3v) is 3.97. The molecule has 0 aromatic heterocycles. The molecule has 0 unspecified atom stereocenters. The summed E-state index contributed by atoms with van der Waals surface area (Å²) in [5, 5.41) is 2.87. The lowest BCUT2D eigenvalue weighted by Gasteiger charge is -2.09. The highest BCUT2D eigenvalue weighted by Crippen LogP contribution is 2.10. The minimum Gasteiger partial charge on any atom is -0.484 e. The first-order valence-electron chi connectivity index (χ1n) is 8.93. The fraction of sp³-hybridized carbons (Fsp3) is 0.174. The Labute approximate surface area is 159 Å². The van der Waals surface area contributed by atoms with Gasteiger partial charge < -0.3 is 14.8 Å². The van der Waals surface area contributed by atoms with E-state index in [1.807, 2.05) is 84.9 Å². The zero-order valence-electron chi connectivity index (χ0n) is 15.1. The number of hydrogen-bond donors (Lipinski definition) is 1. The summed E-state index contributed by atoms with van der Waals surface area (Å²) in [6.07, 6.45) is 0. The van der Waals surface area contributed by atoms with Gasteiger partial charge in [-0.2, -0.15) is 0 Å². The Kier molecular flexibility index (Phi) is 7.01. The molecule has 4 heteroatoms. The van der Waals surface area contributed by atoms with E-state index < -0.39 is 0 Å². The Morgan fingerprint density at radius 3 is 2.15 bits per heavy atom. The Morgan fingerprint density at radius 2 is 1.37 bits per heavy atom. The summed E-state index contributed by atoms with van der Waals surface area (Å²) in [7, 11) is 0. The summed E-state index contributed by atoms with van der Waals surface area (Å²) in [6.45, 7) is 1.58. The summed E-state index contributed by atoms with van der Waals surface area (Å²) in [4.78, 5) is 11.9.